The number of carbonyl (C=O) groups excluding carboxylic acids is 1. The molecule has 0 bridgehead atoms. The first-order chi connectivity index (χ1) is 11.9. The summed E-state index contributed by atoms with van der Waals surface area (Å²) in [5, 5.41) is 3.57. The molecule has 0 aliphatic rings. The van der Waals surface area contributed by atoms with E-state index in [2.05, 4.69) is 10.3 Å². The summed E-state index contributed by atoms with van der Waals surface area (Å²) in [5.74, 6) is -0.114. The van der Waals surface area contributed by atoms with Crippen molar-refractivity contribution in [3.8, 4) is 0 Å². The Bertz CT molecular complexity index is 1020. The highest BCUT2D eigenvalue weighted by atomic mass is 32.1. The maximum absolute atomic E-state index is 12.6. The number of fused-ring (bicyclic) bond motifs is 1. The summed E-state index contributed by atoms with van der Waals surface area (Å²) in [6.07, 6.45) is 1.76. The number of nitrogens with one attached hydrogen (secondary N) is 1. The van der Waals surface area contributed by atoms with Crippen molar-refractivity contribution >= 4 is 33.1 Å². The second-order valence-corrected chi connectivity index (χ2v) is 7.53. The number of amides is 1. The summed E-state index contributed by atoms with van der Waals surface area (Å²) in [6.45, 7) is 8.22. The van der Waals surface area contributed by atoms with E-state index in [0.717, 1.165) is 32.1 Å². The molecule has 0 aliphatic carbocycles. The van der Waals surface area contributed by atoms with Crippen LogP contribution in [-0.4, -0.2) is 15.5 Å². The largest absolute Gasteiger partial charge is 0.326 e. The molecule has 5 nitrogen and oxygen atoms in total. The van der Waals surface area contributed by atoms with Crippen LogP contribution in [0.25, 0.3) is 10.2 Å². The first-order valence-corrected chi connectivity index (χ1v) is 9.00. The zero-order chi connectivity index (χ0) is 18.1. The number of hydrogen-bond acceptors (Lipinski definition) is 4. The predicted molar refractivity (Wildman–Crippen MR) is 103 cm³/mol. The molecule has 6 heteroatoms. The van der Waals surface area contributed by atoms with Gasteiger partial charge in [0.15, 0.2) is 0 Å². The summed E-state index contributed by atoms with van der Waals surface area (Å²) >= 11 is 1.53. The van der Waals surface area contributed by atoms with E-state index in [1.54, 1.807) is 0 Å². The maximum atomic E-state index is 12.6. The highest BCUT2D eigenvalue weighted by Crippen LogP contribution is 2.25. The Hall–Kier alpha value is -2.47. The van der Waals surface area contributed by atoms with Gasteiger partial charge in [-0.1, -0.05) is 17.7 Å². The van der Waals surface area contributed by atoms with E-state index in [-0.39, 0.29) is 17.9 Å². The third-order valence-corrected chi connectivity index (χ3v) is 5.51. The van der Waals surface area contributed by atoms with Gasteiger partial charge in [0.05, 0.1) is 11.7 Å². The first-order valence-electron chi connectivity index (χ1n) is 8.19. The van der Waals surface area contributed by atoms with Crippen LogP contribution in [0.1, 0.15) is 28.0 Å². The van der Waals surface area contributed by atoms with Gasteiger partial charge in [-0.15, -0.1) is 11.3 Å². The third-order valence-electron chi connectivity index (χ3n) is 4.39. The number of thiophene rings is 1. The van der Waals surface area contributed by atoms with Gasteiger partial charge in [-0.2, -0.15) is 0 Å². The molecule has 25 heavy (non-hydrogen) atoms. The molecule has 3 aromatic rings. The first kappa shape index (κ1) is 17.4. The number of carbonyl (C=O) groups is 1. The molecule has 1 N–H and O–H groups in total. The topological polar surface area (TPSA) is 64.0 Å². The van der Waals surface area contributed by atoms with E-state index in [0.29, 0.717) is 11.9 Å². The van der Waals surface area contributed by atoms with Crippen LogP contribution in [0.3, 0.4) is 0 Å². The van der Waals surface area contributed by atoms with Crippen molar-refractivity contribution in [2.24, 2.45) is 0 Å². The van der Waals surface area contributed by atoms with Gasteiger partial charge in [-0.05, 0) is 44.9 Å². The monoisotopic (exact) mass is 355 g/mol. The average Bonchev–Trinajstić information content (AvgIpc) is 2.85. The summed E-state index contributed by atoms with van der Waals surface area (Å²) in [5.41, 5.74) is 3.89. The summed E-state index contributed by atoms with van der Waals surface area (Å²) in [4.78, 5) is 31.1. The van der Waals surface area contributed by atoms with Crippen molar-refractivity contribution in [1.29, 1.82) is 0 Å². The SMILES string of the molecule is Cc1ccc(NC(=O)CCn2cnc3sc(C)c(C)c3c2=O)c(C)c1. The smallest absolute Gasteiger partial charge is 0.262 e. The lowest BCUT2D eigenvalue weighted by Gasteiger charge is -2.10. The van der Waals surface area contributed by atoms with Gasteiger partial charge < -0.3 is 5.32 Å². The van der Waals surface area contributed by atoms with Crippen molar-refractivity contribution in [1.82, 2.24) is 9.55 Å². The molecule has 1 amide bonds. The maximum Gasteiger partial charge on any atom is 0.262 e. The molecule has 0 unspecified atom stereocenters. The zero-order valence-corrected chi connectivity index (χ0v) is 15.7. The molecule has 1 aromatic carbocycles. The van der Waals surface area contributed by atoms with Crippen molar-refractivity contribution in [3.05, 3.63) is 56.4 Å². The third kappa shape index (κ3) is 3.49. The fourth-order valence-electron chi connectivity index (χ4n) is 2.82. The van der Waals surface area contributed by atoms with E-state index in [4.69, 9.17) is 0 Å². The minimum absolute atomic E-state index is 0.0776. The molecule has 2 heterocycles. The number of hydrogen-bond donors (Lipinski definition) is 1. The average molecular weight is 355 g/mol. The van der Waals surface area contributed by atoms with Gasteiger partial charge in [0.25, 0.3) is 5.56 Å². The van der Waals surface area contributed by atoms with E-state index in [1.807, 2.05) is 45.9 Å². The lowest BCUT2D eigenvalue weighted by Crippen LogP contribution is -2.23. The highest BCUT2D eigenvalue weighted by molar-refractivity contribution is 7.18. The molecule has 0 aliphatic heterocycles. The van der Waals surface area contributed by atoms with E-state index in [9.17, 15) is 9.59 Å². The van der Waals surface area contributed by atoms with Gasteiger partial charge in [0, 0.05) is 23.5 Å². The minimum atomic E-state index is -0.114. The Morgan fingerprint density at radius 3 is 2.72 bits per heavy atom. The molecule has 2 aromatic heterocycles. The van der Waals surface area contributed by atoms with Gasteiger partial charge in [-0.25, -0.2) is 4.98 Å². The predicted octanol–water partition coefficient (Wildman–Crippen LogP) is 3.72. The van der Waals surface area contributed by atoms with Gasteiger partial charge in [-0.3, -0.25) is 14.2 Å². The summed E-state index contributed by atoms with van der Waals surface area (Å²) < 4.78 is 1.52. The molecule has 0 fully saturated rings. The molecule has 0 saturated heterocycles. The summed E-state index contributed by atoms with van der Waals surface area (Å²) in [7, 11) is 0. The number of nitrogens with zero attached hydrogens (tertiary/aromatic N) is 2. The van der Waals surface area contributed by atoms with E-state index < -0.39 is 0 Å². The Morgan fingerprint density at radius 1 is 1.24 bits per heavy atom. The molecular weight excluding hydrogens is 334 g/mol. The second kappa shape index (κ2) is 6.80. The molecule has 0 radical (unpaired) electrons. The quantitative estimate of drug-likeness (QED) is 0.776. The second-order valence-electron chi connectivity index (χ2n) is 6.32. The molecule has 0 saturated carbocycles. The Kier molecular flexibility index (Phi) is 4.72. The highest BCUT2D eigenvalue weighted by Gasteiger charge is 2.13. The molecule has 3 rings (SSSR count). The fraction of sp³-hybridized carbons (Fsp3) is 0.316. The molecule has 0 spiro atoms. The Morgan fingerprint density at radius 2 is 2.00 bits per heavy atom. The Balaban J connectivity index is 1.74. The van der Waals surface area contributed by atoms with Crippen LogP contribution in [0.4, 0.5) is 5.69 Å². The zero-order valence-electron chi connectivity index (χ0n) is 14.8. The van der Waals surface area contributed by atoms with Crippen LogP contribution in [0, 0.1) is 27.7 Å². The summed E-state index contributed by atoms with van der Waals surface area (Å²) in [6, 6.07) is 5.89. The van der Waals surface area contributed by atoms with Crippen LogP contribution < -0.4 is 10.9 Å². The molecule has 130 valence electrons. The molecular formula is C19H21N3O2S. The number of benzene rings is 1. The van der Waals surface area contributed by atoms with Crippen molar-refractivity contribution in [2.75, 3.05) is 5.32 Å². The number of anilines is 1. The van der Waals surface area contributed by atoms with Gasteiger partial charge in [0.1, 0.15) is 4.83 Å². The lowest BCUT2D eigenvalue weighted by atomic mass is 10.1. The van der Waals surface area contributed by atoms with Crippen LogP contribution >= 0.6 is 11.3 Å². The van der Waals surface area contributed by atoms with Crippen LogP contribution in [0.5, 0.6) is 0 Å². The van der Waals surface area contributed by atoms with Crippen LogP contribution in [-0.2, 0) is 11.3 Å². The number of aromatic nitrogens is 2. The molecule has 0 atom stereocenters. The van der Waals surface area contributed by atoms with E-state index >= 15 is 0 Å². The van der Waals surface area contributed by atoms with Crippen molar-refractivity contribution in [2.45, 2.75) is 40.7 Å². The van der Waals surface area contributed by atoms with Crippen molar-refractivity contribution in [3.63, 3.8) is 0 Å². The van der Waals surface area contributed by atoms with Crippen LogP contribution in [0.15, 0.2) is 29.3 Å². The minimum Gasteiger partial charge on any atom is -0.326 e. The van der Waals surface area contributed by atoms with E-state index in [1.165, 1.54) is 22.2 Å². The van der Waals surface area contributed by atoms with Gasteiger partial charge >= 0.3 is 0 Å². The lowest BCUT2D eigenvalue weighted by molar-refractivity contribution is -0.116. The Labute approximate surface area is 150 Å². The number of rotatable bonds is 4. The fourth-order valence-corrected chi connectivity index (χ4v) is 3.81. The standard InChI is InChI=1S/C19H21N3O2S/c1-11-5-6-15(12(2)9-11)21-16(23)7-8-22-10-20-18-17(19(22)24)13(3)14(4)25-18/h5-6,9-10H,7-8H2,1-4H3,(H,21,23). The van der Waals surface area contributed by atoms with Crippen molar-refractivity contribution < 1.29 is 4.79 Å². The normalized spacial score (nSPS) is 11.0. The van der Waals surface area contributed by atoms with Crippen LogP contribution in [0.2, 0.25) is 0 Å². The van der Waals surface area contributed by atoms with Gasteiger partial charge in [0.2, 0.25) is 5.91 Å². The number of aryl methyl sites for hydroxylation is 5.